The predicted molar refractivity (Wildman–Crippen MR) is 99.1 cm³/mol. The van der Waals surface area contributed by atoms with Crippen LogP contribution >= 0.6 is 0 Å². The summed E-state index contributed by atoms with van der Waals surface area (Å²) in [4.78, 5) is 35.5. The van der Waals surface area contributed by atoms with Crippen LogP contribution in [0, 0.1) is 0 Å². The van der Waals surface area contributed by atoms with Gasteiger partial charge in [0.15, 0.2) is 6.61 Å². The van der Waals surface area contributed by atoms with E-state index < -0.39 is 42.3 Å². The second-order valence-electron chi connectivity index (χ2n) is 5.92. The average molecular weight is 409 g/mol. The molecule has 7 nitrogen and oxygen atoms in total. The molecule has 3 amide bonds. The zero-order valence-corrected chi connectivity index (χ0v) is 15.2. The zero-order chi connectivity index (χ0) is 21.4. The first-order valence-corrected chi connectivity index (χ1v) is 8.41. The summed E-state index contributed by atoms with van der Waals surface area (Å²) in [5.41, 5.74) is -0.204. The van der Waals surface area contributed by atoms with Crippen LogP contribution in [0.5, 0.6) is 0 Å². The first-order valence-electron chi connectivity index (χ1n) is 8.41. The van der Waals surface area contributed by atoms with Crippen LogP contribution in [0.25, 0.3) is 0 Å². The highest BCUT2D eigenvalue weighted by Gasteiger charge is 2.30. The fourth-order valence-electron chi connectivity index (χ4n) is 2.15. The highest BCUT2D eigenvalue weighted by atomic mass is 19.4. The molecule has 3 N–H and O–H groups in total. The van der Waals surface area contributed by atoms with Crippen LogP contribution < -0.4 is 16.0 Å². The number of hydrogen-bond donors (Lipinski definition) is 3. The fourth-order valence-corrected chi connectivity index (χ4v) is 2.15. The molecule has 0 fully saturated rings. The van der Waals surface area contributed by atoms with Crippen molar-refractivity contribution in [2.75, 3.05) is 17.2 Å². The van der Waals surface area contributed by atoms with Crippen LogP contribution in [-0.4, -0.2) is 30.6 Å². The number of para-hydroxylation sites is 1. The Morgan fingerprint density at radius 2 is 1.52 bits per heavy atom. The summed E-state index contributed by atoms with van der Waals surface area (Å²) in [6.45, 7) is 0.715. The lowest BCUT2D eigenvalue weighted by Crippen LogP contribution is -2.42. The van der Waals surface area contributed by atoms with E-state index in [-0.39, 0.29) is 5.69 Å². The number of carbonyl (C=O) groups is 3. The molecule has 0 unspecified atom stereocenters. The predicted octanol–water partition coefficient (Wildman–Crippen LogP) is 3.40. The summed E-state index contributed by atoms with van der Waals surface area (Å²) >= 11 is 0. The highest BCUT2D eigenvalue weighted by Crippen LogP contribution is 2.29. The number of alkyl halides is 3. The van der Waals surface area contributed by atoms with Crippen LogP contribution in [0.2, 0.25) is 0 Å². The van der Waals surface area contributed by atoms with Crippen molar-refractivity contribution >= 4 is 29.3 Å². The standard InChI is InChI=1S/C19H18F3N3O4/c1-12(23-18(28)25-14-5-3-2-4-6-14)17(27)29-11-16(26)24-15-9-7-13(8-10-15)19(20,21)22/h2-10,12H,11H2,1H3,(H,24,26)(H2,23,25,28)/t12-/m0/s1. The van der Waals surface area contributed by atoms with Gasteiger partial charge in [0.2, 0.25) is 0 Å². The molecule has 0 aliphatic carbocycles. The fraction of sp³-hybridized carbons (Fsp3) is 0.211. The normalized spacial score (nSPS) is 11.9. The molecular formula is C19H18F3N3O4. The number of rotatable bonds is 6. The number of carbonyl (C=O) groups excluding carboxylic acids is 3. The van der Waals surface area contributed by atoms with Crippen LogP contribution in [0.3, 0.4) is 0 Å². The van der Waals surface area contributed by atoms with Gasteiger partial charge in [0, 0.05) is 11.4 Å². The highest BCUT2D eigenvalue weighted by molar-refractivity contribution is 5.94. The Kier molecular flexibility index (Phi) is 7.18. The van der Waals surface area contributed by atoms with E-state index in [0.717, 1.165) is 24.3 Å². The number of urea groups is 1. The van der Waals surface area contributed by atoms with Gasteiger partial charge in [-0.1, -0.05) is 18.2 Å². The van der Waals surface area contributed by atoms with E-state index in [1.807, 2.05) is 0 Å². The second-order valence-corrected chi connectivity index (χ2v) is 5.92. The molecular weight excluding hydrogens is 391 g/mol. The van der Waals surface area contributed by atoms with Crippen molar-refractivity contribution in [2.24, 2.45) is 0 Å². The number of ether oxygens (including phenoxy) is 1. The maximum atomic E-state index is 12.5. The third kappa shape index (κ3) is 7.17. The second kappa shape index (κ2) is 9.58. The number of hydrogen-bond acceptors (Lipinski definition) is 4. The number of nitrogens with one attached hydrogen (secondary N) is 3. The first kappa shape index (κ1) is 21.7. The summed E-state index contributed by atoms with van der Waals surface area (Å²) in [6.07, 6.45) is -4.48. The molecule has 0 saturated carbocycles. The smallest absolute Gasteiger partial charge is 0.416 e. The molecule has 10 heteroatoms. The molecule has 0 aromatic heterocycles. The maximum absolute atomic E-state index is 12.5. The Balaban J connectivity index is 1.76. The van der Waals surface area contributed by atoms with Gasteiger partial charge >= 0.3 is 18.2 Å². The van der Waals surface area contributed by atoms with Crippen LogP contribution in [0.15, 0.2) is 54.6 Å². The van der Waals surface area contributed by atoms with Crippen molar-refractivity contribution in [3.63, 3.8) is 0 Å². The average Bonchev–Trinajstić information content (AvgIpc) is 2.66. The Labute approximate surface area is 164 Å². The molecule has 1 atom stereocenters. The van der Waals surface area contributed by atoms with Gasteiger partial charge in [-0.25, -0.2) is 9.59 Å². The van der Waals surface area contributed by atoms with Crippen LogP contribution in [-0.2, 0) is 20.5 Å². The molecule has 2 rings (SSSR count). The first-order chi connectivity index (χ1) is 13.6. The molecule has 2 aromatic carbocycles. The number of anilines is 2. The Hall–Kier alpha value is -3.56. The molecule has 154 valence electrons. The van der Waals surface area contributed by atoms with Gasteiger partial charge in [0.05, 0.1) is 5.56 Å². The zero-order valence-electron chi connectivity index (χ0n) is 15.2. The quantitative estimate of drug-likeness (QED) is 0.637. The molecule has 0 aliphatic heterocycles. The summed E-state index contributed by atoms with van der Waals surface area (Å²) in [5.74, 6) is -1.59. The van der Waals surface area contributed by atoms with E-state index in [2.05, 4.69) is 16.0 Å². The molecule has 0 saturated heterocycles. The molecule has 29 heavy (non-hydrogen) atoms. The summed E-state index contributed by atoms with van der Waals surface area (Å²) in [7, 11) is 0. The lowest BCUT2D eigenvalue weighted by atomic mass is 10.2. The largest absolute Gasteiger partial charge is 0.454 e. The Morgan fingerprint density at radius 1 is 0.931 bits per heavy atom. The van der Waals surface area contributed by atoms with Gasteiger partial charge in [0.1, 0.15) is 6.04 Å². The van der Waals surface area contributed by atoms with Gasteiger partial charge < -0.3 is 20.7 Å². The Morgan fingerprint density at radius 3 is 2.10 bits per heavy atom. The summed E-state index contributed by atoms with van der Waals surface area (Å²) in [5, 5.41) is 7.19. The van der Waals surface area contributed by atoms with E-state index in [1.165, 1.54) is 6.92 Å². The van der Waals surface area contributed by atoms with Crippen molar-refractivity contribution in [3.05, 3.63) is 60.2 Å². The maximum Gasteiger partial charge on any atom is 0.416 e. The third-order valence-electron chi connectivity index (χ3n) is 3.57. The Bertz CT molecular complexity index is 855. The number of esters is 1. The third-order valence-corrected chi connectivity index (χ3v) is 3.57. The van der Waals surface area contributed by atoms with Crippen LogP contribution in [0.4, 0.5) is 29.3 Å². The lowest BCUT2D eigenvalue weighted by Gasteiger charge is -2.14. The number of amides is 3. The molecule has 0 aliphatic rings. The molecule has 0 heterocycles. The van der Waals surface area contributed by atoms with E-state index in [0.29, 0.717) is 5.69 Å². The van der Waals surface area contributed by atoms with Crippen molar-refractivity contribution in [1.29, 1.82) is 0 Å². The monoisotopic (exact) mass is 409 g/mol. The van der Waals surface area contributed by atoms with Gasteiger partial charge in [-0.2, -0.15) is 13.2 Å². The minimum Gasteiger partial charge on any atom is -0.454 e. The van der Waals surface area contributed by atoms with Gasteiger partial charge in [-0.3, -0.25) is 4.79 Å². The van der Waals surface area contributed by atoms with E-state index in [1.54, 1.807) is 30.3 Å². The number of halogens is 3. The van der Waals surface area contributed by atoms with Gasteiger partial charge in [0.25, 0.3) is 5.91 Å². The molecule has 0 radical (unpaired) electrons. The SMILES string of the molecule is C[C@H](NC(=O)Nc1ccccc1)C(=O)OCC(=O)Nc1ccc(C(F)(F)F)cc1. The van der Waals surface area contributed by atoms with E-state index >= 15 is 0 Å². The van der Waals surface area contributed by atoms with Crippen molar-refractivity contribution < 1.29 is 32.3 Å². The molecule has 0 spiro atoms. The summed E-state index contributed by atoms with van der Waals surface area (Å²) in [6, 6.07) is 10.7. The summed E-state index contributed by atoms with van der Waals surface area (Å²) < 4.78 is 42.3. The number of benzene rings is 2. The topological polar surface area (TPSA) is 96.5 Å². The van der Waals surface area contributed by atoms with Crippen LogP contribution in [0.1, 0.15) is 12.5 Å². The van der Waals surface area contributed by atoms with E-state index in [9.17, 15) is 27.6 Å². The van der Waals surface area contributed by atoms with Gasteiger partial charge in [-0.15, -0.1) is 0 Å². The van der Waals surface area contributed by atoms with Crippen molar-refractivity contribution in [1.82, 2.24) is 5.32 Å². The minimum atomic E-state index is -4.48. The molecule has 2 aromatic rings. The van der Waals surface area contributed by atoms with Crippen molar-refractivity contribution in [2.45, 2.75) is 19.1 Å². The molecule has 0 bridgehead atoms. The van der Waals surface area contributed by atoms with Crippen molar-refractivity contribution in [3.8, 4) is 0 Å². The van der Waals surface area contributed by atoms with Gasteiger partial charge in [-0.05, 0) is 43.3 Å². The lowest BCUT2D eigenvalue weighted by molar-refractivity contribution is -0.148. The van der Waals surface area contributed by atoms with E-state index in [4.69, 9.17) is 4.74 Å². The minimum absolute atomic E-state index is 0.118.